The van der Waals surface area contributed by atoms with Crippen molar-refractivity contribution in [3.8, 4) is 0 Å². The molecule has 0 amide bonds. The first-order chi connectivity index (χ1) is 5.91. The van der Waals surface area contributed by atoms with Crippen LogP contribution in [0.25, 0.3) is 0 Å². The first-order valence-corrected chi connectivity index (χ1v) is 4.85. The monoisotopic (exact) mass is 168 g/mol. The molecule has 70 valence electrons. The van der Waals surface area contributed by atoms with Gasteiger partial charge in [-0.25, -0.2) is 0 Å². The summed E-state index contributed by atoms with van der Waals surface area (Å²) in [6.45, 7) is 5.12. The van der Waals surface area contributed by atoms with Crippen molar-refractivity contribution in [3.05, 3.63) is 24.5 Å². The van der Waals surface area contributed by atoms with Gasteiger partial charge in [0.15, 0.2) is 0 Å². The molecule has 0 atom stereocenters. The highest BCUT2D eigenvalue weighted by Crippen LogP contribution is 1.94. The minimum absolute atomic E-state index is 0.819. The smallest absolute Gasteiger partial charge is 0.0870 e. The molecule has 0 aliphatic carbocycles. The normalized spacial score (nSPS) is 11.5. The molecule has 12 heavy (non-hydrogen) atoms. The third-order valence-electron chi connectivity index (χ3n) is 1.47. The van der Waals surface area contributed by atoms with Crippen LogP contribution in [-0.2, 0) is 4.74 Å². The standard InChI is InChI=1S/C11H20O/c1-3-5-6-7-8-9-11-12-10-4-2/h7-9,11H,3-6,10H2,1-2H3. The number of allylic oxidation sites excluding steroid dienone is 3. The molecule has 0 aromatic rings. The van der Waals surface area contributed by atoms with E-state index < -0.39 is 0 Å². The van der Waals surface area contributed by atoms with Gasteiger partial charge in [-0.1, -0.05) is 38.8 Å². The van der Waals surface area contributed by atoms with Gasteiger partial charge in [-0.2, -0.15) is 0 Å². The summed E-state index contributed by atoms with van der Waals surface area (Å²) in [6.07, 6.45) is 12.7. The van der Waals surface area contributed by atoms with Gasteiger partial charge in [0, 0.05) is 0 Å². The summed E-state index contributed by atoms with van der Waals surface area (Å²) >= 11 is 0. The summed E-state index contributed by atoms with van der Waals surface area (Å²) in [6, 6.07) is 0. The molecule has 0 N–H and O–H groups in total. The molecule has 0 saturated heterocycles. The van der Waals surface area contributed by atoms with E-state index in [2.05, 4.69) is 19.9 Å². The lowest BCUT2D eigenvalue weighted by molar-refractivity contribution is 0.250. The minimum atomic E-state index is 0.819. The molecular formula is C11H20O. The van der Waals surface area contributed by atoms with E-state index in [1.165, 1.54) is 19.3 Å². The maximum absolute atomic E-state index is 5.16. The average Bonchev–Trinajstić information content (AvgIpc) is 2.10. The van der Waals surface area contributed by atoms with Crippen LogP contribution >= 0.6 is 0 Å². The van der Waals surface area contributed by atoms with E-state index in [1.54, 1.807) is 6.26 Å². The zero-order chi connectivity index (χ0) is 9.07. The zero-order valence-electron chi connectivity index (χ0n) is 8.25. The van der Waals surface area contributed by atoms with Crippen molar-refractivity contribution < 1.29 is 4.74 Å². The number of rotatable bonds is 7. The zero-order valence-corrected chi connectivity index (χ0v) is 8.25. The van der Waals surface area contributed by atoms with Crippen molar-refractivity contribution in [2.45, 2.75) is 39.5 Å². The molecule has 0 saturated carbocycles. The summed E-state index contributed by atoms with van der Waals surface area (Å²) in [5.41, 5.74) is 0. The van der Waals surface area contributed by atoms with E-state index in [0.717, 1.165) is 13.0 Å². The number of unbranched alkanes of at least 4 members (excludes halogenated alkanes) is 2. The Morgan fingerprint density at radius 1 is 1.08 bits per heavy atom. The van der Waals surface area contributed by atoms with Crippen LogP contribution in [0.15, 0.2) is 24.5 Å². The Bertz CT molecular complexity index is 109. The number of ether oxygens (including phenoxy) is 1. The third-order valence-corrected chi connectivity index (χ3v) is 1.47. The quantitative estimate of drug-likeness (QED) is 0.320. The Labute approximate surface area is 76.1 Å². The van der Waals surface area contributed by atoms with Crippen LogP contribution in [0.2, 0.25) is 0 Å². The maximum atomic E-state index is 5.16. The second-order valence-corrected chi connectivity index (χ2v) is 2.77. The molecule has 0 aromatic carbocycles. The Balaban J connectivity index is 3.15. The lowest BCUT2D eigenvalue weighted by Crippen LogP contribution is -1.81. The first kappa shape index (κ1) is 11.3. The topological polar surface area (TPSA) is 9.23 Å². The van der Waals surface area contributed by atoms with Gasteiger partial charge in [-0.15, -0.1) is 0 Å². The predicted molar refractivity (Wildman–Crippen MR) is 54.0 cm³/mol. The van der Waals surface area contributed by atoms with Gasteiger partial charge in [-0.3, -0.25) is 0 Å². The van der Waals surface area contributed by atoms with E-state index >= 15 is 0 Å². The van der Waals surface area contributed by atoms with Crippen LogP contribution in [0.5, 0.6) is 0 Å². The lowest BCUT2D eigenvalue weighted by atomic mass is 10.2. The Hall–Kier alpha value is -0.720. The largest absolute Gasteiger partial charge is 0.501 e. The Morgan fingerprint density at radius 2 is 1.92 bits per heavy atom. The molecule has 0 radical (unpaired) electrons. The van der Waals surface area contributed by atoms with Crippen LogP contribution in [-0.4, -0.2) is 6.61 Å². The molecule has 0 bridgehead atoms. The first-order valence-electron chi connectivity index (χ1n) is 4.85. The summed E-state index contributed by atoms with van der Waals surface area (Å²) < 4.78 is 5.16. The molecule has 0 aliphatic heterocycles. The highest BCUT2D eigenvalue weighted by Gasteiger charge is 1.76. The molecule has 0 unspecified atom stereocenters. The lowest BCUT2D eigenvalue weighted by Gasteiger charge is -1.92. The Kier molecular flexibility index (Phi) is 9.66. The van der Waals surface area contributed by atoms with Crippen molar-refractivity contribution in [1.82, 2.24) is 0 Å². The van der Waals surface area contributed by atoms with Gasteiger partial charge < -0.3 is 4.74 Å². The highest BCUT2D eigenvalue weighted by molar-refractivity contribution is 4.99. The van der Waals surface area contributed by atoms with Crippen molar-refractivity contribution in [2.24, 2.45) is 0 Å². The molecule has 0 aliphatic rings. The summed E-state index contributed by atoms with van der Waals surface area (Å²) in [5, 5.41) is 0. The van der Waals surface area contributed by atoms with Gasteiger partial charge in [0.25, 0.3) is 0 Å². The summed E-state index contributed by atoms with van der Waals surface area (Å²) in [5.74, 6) is 0. The van der Waals surface area contributed by atoms with E-state index in [4.69, 9.17) is 4.74 Å². The van der Waals surface area contributed by atoms with E-state index in [1.807, 2.05) is 12.2 Å². The van der Waals surface area contributed by atoms with Crippen LogP contribution in [0.3, 0.4) is 0 Å². The van der Waals surface area contributed by atoms with Crippen molar-refractivity contribution in [1.29, 1.82) is 0 Å². The molecule has 0 fully saturated rings. The minimum Gasteiger partial charge on any atom is -0.501 e. The predicted octanol–water partition coefficient (Wildman–Crippen LogP) is 3.67. The molecule has 0 rings (SSSR count). The van der Waals surface area contributed by atoms with E-state index in [9.17, 15) is 0 Å². The Morgan fingerprint density at radius 3 is 2.58 bits per heavy atom. The van der Waals surface area contributed by atoms with Gasteiger partial charge in [-0.05, 0) is 18.9 Å². The summed E-state index contributed by atoms with van der Waals surface area (Å²) in [7, 11) is 0. The van der Waals surface area contributed by atoms with Crippen molar-refractivity contribution >= 4 is 0 Å². The highest BCUT2D eigenvalue weighted by atomic mass is 16.5. The van der Waals surface area contributed by atoms with Crippen LogP contribution in [0.1, 0.15) is 39.5 Å². The molecular weight excluding hydrogens is 148 g/mol. The fraction of sp³-hybridized carbons (Fsp3) is 0.636. The fourth-order valence-electron chi connectivity index (χ4n) is 0.784. The molecule has 1 nitrogen and oxygen atoms in total. The molecule has 1 heteroatoms. The molecule has 0 heterocycles. The van der Waals surface area contributed by atoms with Crippen molar-refractivity contribution in [2.75, 3.05) is 6.61 Å². The number of hydrogen-bond acceptors (Lipinski definition) is 1. The van der Waals surface area contributed by atoms with Crippen LogP contribution in [0.4, 0.5) is 0 Å². The number of hydrogen-bond donors (Lipinski definition) is 0. The van der Waals surface area contributed by atoms with Crippen LogP contribution in [0, 0.1) is 0 Å². The van der Waals surface area contributed by atoms with Crippen LogP contribution < -0.4 is 0 Å². The van der Waals surface area contributed by atoms with Gasteiger partial charge in [0.05, 0.1) is 12.9 Å². The maximum Gasteiger partial charge on any atom is 0.0870 e. The summed E-state index contributed by atoms with van der Waals surface area (Å²) in [4.78, 5) is 0. The second-order valence-electron chi connectivity index (χ2n) is 2.77. The molecule has 0 spiro atoms. The second kappa shape index (κ2) is 10.3. The van der Waals surface area contributed by atoms with Crippen molar-refractivity contribution in [3.63, 3.8) is 0 Å². The van der Waals surface area contributed by atoms with E-state index in [-0.39, 0.29) is 0 Å². The SMILES string of the molecule is CCCCC=CC=COCCC. The van der Waals surface area contributed by atoms with Gasteiger partial charge in [0.1, 0.15) is 0 Å². The van der Waals surface area contributed by atoms with Gasteiger partial charge in [0.2, 0.25) is 0 Å². The molecule has 0 aromatic heterocycles. The average molecular weight is 168 g/mol. The fourth-order valence-corrected chi connectivity index (χ4v) is 0.784. The van der Waals surface area contributed by atoms with E-state index in [0.29, 0.717) is 0 Å². The third kappa shape index (κ3) is 9.28. The van der Waals surface area contributed by atoms with Gasteiger partial charge >= 0.3 is 0 Å².